The normalized spacial score (nSPS) is 20.8. The van der Waals surface area contributed by atoms with Crippen LogP contribution in [0.4, 0.5) is 0 Å². The summed E-state index contributed by atoms with van der Waals surface area (Å²) >= 11 is 0. The molecule has 0 N–H and O–H groups in total. The maximum Gasteiger partial charge on any atom is 0.147 e. The van der Waals surface area contributed by atoms with E-state index in [4.69, 9.17) is 0 Å². The number of rotatable bonds is 3. The molecule has 0 unspecified atom stereocenters. The van der Waals surface area contributed by atoms with E-state index < -0.39 is 5.92 Å². The zero-order valence-corrected chi connectivity index (χ0v) is 19.0. The number of aromatic nitrogens is 1. The van der Waals surface area contributed by atoms with Crippen LogP contribution in [0.2, 0.25) is 0 Å². The van der Waals surface area contributed by atoms with Gasteiger partial charge in [-0.1, -0.05) is 45.9 Å². The minimum atomic E-state index is -0.603. The number of pyridine rings is 1. The molecule has 0 bridgehead atoms. The van der Waals surface area contributed by atoms with Crippen molar-refractivity contribution in [1.29, 1.82) is 0 Å². The van der Waals surface area contributed by atoms with Gasteiger partial charge in [0.15, 0.2) is 0 Å². The first-order valence-corrected chi connectivity index (χ1v) is 11.2. The number of ketones is 2. The van der Waals surface area contributed by atoms with E-state index >= 15 is 0 Å². The highest BCUT2D eigenvalue weighted by molar-refractivity contribution is 6.09. The molecule has 1 heterocycles. The number of carbonyl (C=O) groups is 2. The van der Waals surface area contributed by atoms with E-state index in [1.165, 1.54) is 35.1 Å². The van der Waals surface area contributed by atoms with Gasteiger partial charge in [0.2, 0.25) is 0 Å². The predicted octanol–water partition coefficient (Wildman–Crippen LogP) is 5.74. The van der Waals surface area contributed by atoms with Crippen LogP contribution in [0.15, 0.2) is 30.5 Å². The van der Waals surface area contributed by atoms with E-state index in [0.29, 0.717) is 19.3 Å². The lowest BCUT2D eigenvalue weighted by molar-refractivity contribution is -0.131. The summed E-state index contributed by atoms with van der Waals surface area (Å²) in [6.07, 6.45) is 6.60. The third-order valence-corrected chi connectivity index (χ3v) is 7.35. The van der Waals surface area contributed by atoms with E-state index in [2.05, 4.69) is 51.7 Å². The molecule has 0 spiro atoms. The Hall–Kier alpha value is -2.29. The summed E-state index contributed by atoms with van der Waals surface area (Å²) in [4.78, 5) is 29.1. The second kappa shape index (κ2) is 7.44. The lowest BCUT2D eigenvalue weighted by Crippen LogP contribution is -2.34. The minimum Gasteiger partial charge on any atom is -0.299 e. The number of carbonyl (C=O) groups excluding carboxylic acids is 2. The average Bonchev–Trinajstić information content (AvgIpc) is 2.68. The zero-order chi connectivity index (χ0) is 21.7. The van der Waals surface area contributed by atoms with Crippen molar-refractivity contribution in [1.82, 2.24) is 4.98 Å². The molecule has 0 atom stereocenters. The Balaban J connectivity index is 1.62. The first kappa shape index (κ1) is 21.0. The van der Waals surface area contributed by atoms with Crippen molar-refractivity contribution in [3.63, 3.8) is 0 Å². The Morgan fingerprint density at radius 2 is 1.53 bits per heavy atom. The van der Waals surface area contributed by atoms with Gasteiger partial charge in [-0.25, -0.2) is 0 Å². The molecule has 1 aromatic heterocycles. The van der Waals surface area contributed by atoms with Gasteiger partial charge < -0.3 is 0 Å². The number of nitrogens with zero attached hydrogens (tertiary/aromatic N) is 1. The van der Waals surface area contributed by atoms with Crippen molar-refractivity contribution in [3.8, 4) is 0 Å². The first-order chi connectivity index (χ1) is 14.1. The van der Waals surface area contributed by atoms with Crippen LogP contribution in [0.3, 0.4) is 0 Å². The lowest BCUT2D eigenvalue weighted by atomic mass is 9.62. The Bertz CT molecular complexity index is 982. The van der Waals surface area contributed by atoms with E-state index in [0.717, 1.165) is 17.7 Å². The van der Waals surface area contributed by atoms with Gasteiger partial charge in [-0.05, 0) is 70.9 Å². The fourth-order valence-corrected chi connectivity index (χ4v) is 5.14. The average molecular weight is 404 g/mol. The largest absolute Gasteiger partial charge is 0.299 e. The topological polar surface area (TPSA) is 47.0 Å². The highest BCUT2D eigenvalue weighted by atomic mass is 16.2. The second-order valence-electron chi connectivity index (χ2n) is 10.6. The number of benzene rings is 1. The third-order valence-electron chi connectivity index (χ3n) is 7.35. The molecule has 0 aliphatic heterocycles. The van der Waals surface area contributed by atoms with Crippen LogP contribution in [-0.2, 0) is 26.8 Å². The minimum absolute atomic E-state index is 0.0381. The number of hydrogen-bond donors (Lipinski definition) is 0. The van der Waals surface area contributed by atoms with Gasteiger partial charge in [0.1, 0.15) is 17.5 Å². The summed E-state index contributed by atoms with van der Waals surface area (Å²) in [5.41, 5.74) is 7.70. The summed E-state index contributed by atoms with van der Waals surface area (Å²) in [6, 6.07) is 8.70. The Labute approximate surface area is 180 Å². The Morgan fingerprint density at radius 1 is 0.933 bits per heavy atom. The Kier molecular flexibility index (Phi) is 5.20. The second-order valence-corrected chi connectivity index (χ2v) is 10.6. The fraction of sp³-hybridized carbons (Fsp3) is 0.519. The van der Waals surface area contributed by atoms with E-state index in [1.807, 2.05) is 12.1 Å². The predicted molar refractivity (Wildman–Crippen MR) is 120 cm³/mol. The SMILES string of the molecule is Cc1cc2c(cc1Cc1ccc(C3C(=O)CCCC3=O)cn1)C(C)(C)CCC2(C)C. The zero-order valence-electron chi connectivity index (χ0n) is 19.0. The number of aryl methyl sites for hydroxylation is 1. The summed E-state index contributed by atoms with van der Waals surface area (Å²) in [5.74, 6) is -0.527. The third kappa shape index (κ3) is 3.75. The standard InChI is InChI=1S/C27H33NO2/c1-17-13-21-22(27(4,5)12-11-26(21,2)3)15-19(17)14-20-10-9-18(16-28-20)25-23(29)7-6-8-24(25)30/h9-10,13,15-16,25H,6-8,11-12,14H2,1-5H3. The molecule has 2 aliphatic rings. The van der Waals surface area contributed by atoms with Gasteiger partial charge in [0, 0.05) is 31.2 Å². The summed E-state index contributed by atoms with van der Waals surface area (Å²) < 4.78 is 0. The van der Waals surface area contributed by atoms with Crippen molar-refractivity contribution in [2.45, 2.75) is 89.9 Å². The van der Waals surface area contributed by atoms with Crippen molar-refractivity contribution < 1.29 is 9.59 Å². The van der Waals surface area contributed by atoms with Gasteiger partial charge in [0.05, 0.1) is 0 Å². The molecule has 0 amide bonds. The molecule has 2 aliphatic carbocycles. The van der Waals surface area contributed by atoms with Crippen LogP contribution in [0.5, 0.6) is 0 Å². The number of Topliss-reactive ketones (excluding diaryl/α,β-unsaturated/α-hetero) is 2. The number of hydrogen-bond acceptors (Lipinski definition) is 3. The van der Waals surface area contributed by atoms with Gasteiger partial charge in [-0.15, -0.1) is 0 Å². The summed E-state index contributed by atoms with van der Waals surface area (Å²) in [6.45, 7) is 11.6. The monoisotopic (exact) mass is 403 g/mol. The van der Waals surface area contributed by atoms with Gasteiger partial charge >= 0.3 is 0 Å². The molecule has 2 aromatic rings. The quantitative estimate of drug-likeness (QED) is 0.614. The van der Waals surface area contributed by atoms with Crippen molar-refractivity contribution >= 4 is 11.6 Å². The maximum atomic E-state index is 12.2. The summed E-state index contributed by atoms with van der Waals surface area (Å²) in [7, 11) is 0. The molecule has 30 heavy (non-hydrogen) atoms. The van der Waals surface area contributed by atoms with Crippen molar-refractivity contribution in [2.75, 3.05) is 0 Å². The van der Waals surface area contributed by atoms with Gasteiger partial charge in [-0.3, -0.25) is 14.6 Å². The molecule has 3 nitrogen and oxygen atoms in total. The van der Waals surface area contributed by atoms with E-state index in [9.17, 15) is 9.59 Å². The molecule has 1 saturated carbocycles. The highest BCUT2D eigenvalue weighted by Gasteiger charge is 2.37. The highest BCUT2D eigenvalue weighted by Crippen LogP contribution is 2.46. The van der Waals surface area contributed by atoms with Gasteiger partial charge in [-0.2, -0.15) is 0 Å². The Morgan fingerprint density at radius 3 is 2.10 bits per heavy atom. The maximum absolute atomic E-state index is 12.2. The van der Waals surface area contributed by atoms with Crippen LogP contribution in [0.1, 0.15) is 99.2 Å². The molecule has 0 radical (unpaired) electrons. The van der Waals surface area contributed by atoms with Crippen molar-refractivity contribution in [2.24, 2.45) is 0 Å². The summed E-state index contributed by atoms with van der Waals surface area (Å²) in [5, 5.41) is 0. The lowest BCUT2D eigenvalue weighted by Gasteiger charge is -2.42. The molecule has 0 saturated heterocycles. The number of fused-ring (bicyclic) bond motifs is 1. The molecule has 3 heteroatoms. The molecule has 1 aromatic carbocycles. The molecular formula is C27H33NO2. The van der Waals surface area contributed by atoms with Crippen LogP contribution >= 0.6 is 0 Å². The van der Waals surface area contributed by atoms with Crippen LogP contribution < -0.4 is 0 Å². The van der Waals surface area contributed by atoms with E-state index in [1.54, 1.807) is 6.20 Å². The smallest absolute Gasteiger partial charge is 0.147 e. The first-order valence-electron chi connectivity index (χ1n) is 11.2. The molecule has 4 rings (SSSR count). The van der Waals surface area contributed by atoms with E-state index in [-0.39, 0.29) is 22.4 Å². The molecule has 158 valence electrons. The van der Waals surface area contributed by atoms with Gasteiger partial charge in [0.25, 0.3) is 0 Å². The molecular weight excluding hydrogens is 370 g/mol. The molecule has 1 fully saturated rings. The fourth-order valence-electron chi connectivity index (χ4n) is 5.14. The van der Waals surface area contributed by atoms with Crippen molar-refractivity contribution in [3.05, 3.63) is 64.0 Å². The van der Waals surface area contributed by atoms with Crippen LogP contribution in [0, 0.1) is 6.92 Å². The van der Waals surface area contributed by atoms with Crippen LogP contribution in [-0.4, -0.2) is 16.6 Å². The van der Waals surface area contributed by atoms with Crippen LogP contribution in [0.25, 0.3) is 0 Å².